The van der Waals surface area contributed by atoms with E-state index < -0.39 is 0 Å². The maximum atomic E-state index is 12.4. The summed E-state index contributed by atoms with van der Waals surface area (Å²) in [7, 11) is 2.08. The van der Waals surface area contributed by atoms with Crippen LogP contribution in [0, 0.1) is 19.8 Å². The first-order valence-electron chi connectivity index (χ1n) is 9.23. The third-order valence-corrected chi connectivity index (χ3v) is 5.63. The Labute approximate surface area is 153 Å². The first kappa shape index (κ1) is 16.8. The van der Waals surface area contributed by atoms with E-state index in [1.165, 1.54) is 0 Å². The third kappa shape index (κ3) is 2.89. The molecule has 0 saturated carbocycles. The summed E-state index contributed by atoms with van der Waals surface area (Å²) < 4.78 is 3.95. The van der Waals surface area contributed by atoms with Gasteiger partial charge in [0.15, 0.2) is 0 Å². The van der Waals surface area contributed by atoms with Gasteiger partial charge in [0.05, 0.1) is 17.4 Å². The molecule has 0 amide bonds. The summed E-state index contributed by atoms with van der Waals surface area (Å²) in [6.45, 7) is 6.43. The maximum Gasteiger partial charge on any atom is 0.256 e. The predicted molar refractivity (Wildman–Crippen MR) is 104 cm³/mol. The van der Waals surface area contributed by atoms with Crippen molar-refractivity contribution in [3.63, 3.8) is 0 Å². The summed E-state index contributed by atoms with van der Waals surface area (Å²) in [6.07, 6.45) is 3.81. The normalized spacial score (nSPS) is 15.7. The van der Waals surface area contributed by atoms with E-state index in [4.69, 9.17) is 4.98 Å². The van der Waals surface area contributed by atoms with Crippen molar-refractivity contribution < 1.29 is 0 Å². The highest BCUT2D eigenvalue weighted by atomic mass is 16.1. The fourth-order valence-electron chi connectivity index (χ4n) is 3.82. The summed E-state index contributed by atoms with van der Waals surface area (Å²) in [5.74, 6) is 1.54. The van der Waals surface area contributed by atoms with Crippen LogP contribution in [0.1, 0.15) is 24.1 Å². The van der Waals surface area contributed by atoms with E-state index in [0.29, 0.717) is 5.92 Å². The van der Waals surface area contributed by atoms with Crippen LogP contribution in [-0.2, 0) is 13.6 Å². The van der Waals surface area contributed by atoms with Gasteiger partial charge < -0.3 is 9.47 Å². The van der Waals surface area contributed by atoms with Crippen molar-refractivity contribution in [2.24, 2.45) is 13.0 Å². The molecule has 1 aliphatic heterocycles. The number of fused-ring (bicyclic) bond motifs is 1. The highest BCUT2D eigenvalue weighted by Gasteiger charge is 2.23. The van der Waals surface area contributed by atoms with Gasteiger partial charge in [0.1, 0.15) is 0 Å². The number of hydrogen-bond acceptors (Lipinski definition) is 4. The first-order valence-corrected chi connectivity index (χ1v) is 9.23. The number of para-hydroxylation sites is 2. The van der Waals surface area contributed by atoms with E-state index in [9.17, 15) is 4.79 Å². The molecule has 3 heterocycles. The van der Waals surface area contributed by atoms with Gasteiger partial charge >= 0.3 is 0 Å². The number of imidazole rings is 1. The van der Waals surface area contributed by atoms with E-state index in [-0.39, 0.29) is 5.56 Å². The second kappa shape index (κ2) is 6.59. The maximum absolute atomic E-state index is 12.4. The molecule has 0 unspecified atom stereocenters. The van der Waals surface area contributed by atoms with E-state index in [1.54, 1.807) is 10.9 Å². The Morgan fingerprint density at radius 3 is 2.62 bits per heavy atom. The summed E-state index contributed by atoms with van der Waals surface area (Å²) in [5.41, 5.74) is 3.88. The molecular weight excluding hydrogens is 326 g/mol. The van der Waals surface area contributed by atoms with E-state index >= 15 is 0 Å². The second-order valence-electron chi connectivity index (χ2n) is 7.30. The van der Waals surface area contributed by atoms with Gasteiger partial charge in [-0.25, -0.2) is 9.97 Å². The second-order valence-corrected chi connectivity index (χ2v) is 7.30. The Morgan fingerprint density at radius 1 is 1.15 bits per heavy atom. The lowest BCUT2D eigenvalue weighted by Crippen LogP contribution is -2.38. The molecule has 136 valence electrons. The molecule has 6 heteroatoms. The van der Waals surface area contributed by atoms with Gasteiger partial charge in [-0.05, 0) is 44.7 Å². The number of benzene rings is 1. The Balaban J connectivity index is 1.46. The molecule has 1 fully saturated rings. The van der Waals surface area contributed by atoms with Gasteiger partial charge in [0.25, 0.3) is 5.56 Å². The Morgan fingerprint density at radius 2 is 1.88 bits per heavy atom. The van der Waals surface area contributed by atoms with Crippen LogP contribution in [-0.4, -0.2) is 32.2 Å². The van der Waals surface area contributed by atoms with Crippen molar-refractivity contribution in [1.82, 2.24) is 19.1 Å². The average Bonchev–Trinajstić information content (AvgIpc) is 3.00. The minimum atomic E-state index is 0.0929. The molecule has 0 spiro atoms. The number of rotatable bonds is 3. The Bertz CT molecular complexity index is 995. The fraction of sp³-hybridized carbons (Fsp3) is 0.450. The highest BCUT2D eigenvalue weighted by molar-refractivity contribution is 5.78. The first-order chi connectivity index (χ1) is 12.5. The average molecular weight is 351 g/mol. The molecule has 0 N–H and O–H groups in total. The van der Waals surface area contributed by atoms with E-state index in [0.717, 1.165) is 60.7 Å². The van der Waals surface area contributed by atoms with Gasteiger partial charge in [-0.2, -0.15) is 0 Å². The van der Waals surface area contributed by atoms with Crippen LogP contribution in [0.3, 0.4) is 0 Å². The molecule has 3 aromatic rings. The van der Waals surface area contributed by atoms with Crippen molar-refractivity contribution in [3.05, 3.63) is 52.2 Å². The summed E-state index contributed by atoms with van der Waals surface area (Å²) >= 11 is 0. The number of anilines is 1. The number of hydrogen-bond donors (Lipinski definition) is 0. The topological polar surface area (TPSA) is 56.0 Å². The van der Waals surface area contributed by atoms with Crippen LogP contribution in [0.5, 0.6) is 0 Å². The van der Waals surface area contributed by atoms with Crippen LogP contribution in [0.15, 0.2) is 35.4 Å². The van der Waals surface area contributed by atoms with Crippen molar-refractivity contribution >= 4 is 17.0 Å². The minimum Gasteiger partial charge on any atom is -0.342 e. The molecule has 1 aliphatic rings. The highest BCUT2D eigenvalue weighted by Crippen LogP contribution is 2.26. The molecule has 26 heavy (non-hydrogen) atoms. The number of piperidine rings is 1. The van der Waals surface area contributed by atoms with Gasteiger partial charge in [-0.1, -0.05) is 12.1 Å². The van der Waals surface area contributed by atoms with E-state index in [2.05, 4.69) is 39.7 Å². The SMILES string of the molecule is Cc1ncn(CC2CCN(c3nc4ccccc4n3C)CC2)c(=O)c1C. The van der Waals surface area contributed by atoms with E-state index in [1.807, 2.05) is 19.9 Å². The summed E-state index contributed by atoms with van der Waals surface area (Å²) in [5, 5.41) is 0. The molecule has 2 aromatic heterocycles. The molecule has 1 aromatic carbocycles. The monoisotopic (exact) mass is 351 g/mol. The molecule has 1 saturated heterocycles. The number of nitrogens with zero attached hydrogens (tertiary/aromatic N) is 5. The molecule has 4 rings (SSSR count). The molecular formula is C20H25N5O. The lowest BCUT2D eigenvalue weighted by atomic mass is 9.97. The van der Waals surface area contributed by atoms with Gasteiger partial charge in [0, 0.05) is 37.9 Å². The Hall–Kier alpha value is -2.63. The largest absolute Gasteiger partial charge is 0.342 e. The standard InChI is InChI=1S/C20H25N5O/c1-14-15(2)21-13-25(19(14)26)12-16-8-10-24(11-9-16)20-22-17-6-4-5-7-18(17)23(20)3/h4-7,13,16H,8-12H2,1-3H3. The Kier molecular flexibility index (Phi) is 4.26. The molecule has 0 bridgehead atoms. The van der Waals surface area contributed by atoms with Crippen molar-refractivity contribution in [1.29, 1.82) is 0 Å². The lowest BCUT2D eigenvalue weighted by molar-refractivity contribution is 0.348. The van der Waals surface area contributed by atoms with Crippen molar-refractivity contribution in [3.8, 4) is 0 Å². The fourth-order valence-corrected chi connectivity index (χ4v) is 3.82. The van der Waals surface area contributed by atoms with Gasteiger partial charge in [0.2, 0.25) is 5.95 Å². The smallest absolute Gasteiger partial charge is 0.256 e. The summed E-state index contributed by atoms with van der Waals surface area (Å²) in [4.78, 5) is 23.9. The van der Waals surface area contributed by atoms with Crippen molar-refractivity contribution in [2.75, 3.05) is 18.0 Å². The minimum absolute atomic E-state index is 0.0929. The van der Waals surface area contributed by atoms with Crippen LogP contribution in [0.4, 0.5) is 5.95 Å². The molecule has 0 aliphatic carbocycles. The van der Waals surface area contributed by atoms with Crippen molar-refractivity contribution in [2.45, 2.75) is 33.2 Å². The number of aryl methyl sites for hydroxylation is 2. The quantitative estimate of drug-likeness (QED) is 0.728. The van der Waals surface area contributed by atoms with Crippen LogP contribution >= 0.6 is 0 Å². The molecule has 0 radical (unpaired) electrons. The number of aromatic nitrogens is 4. The molecule has 6 nitrogen and oxygen atoms in total. The zero-order valence-corrected chi connectivity index (χ0v) is 15.6. The van der Waals surface area contributed by atoms with Gasteiger partial charge in [-0.3, -0.25) is 9.36 Å². The summed E-state index contributed by atoms with van der Waals surface area (Å²) in [6, 6.07) is 8.25. The van der Waals surface area contributed by atoms with Gasteiger partial charge in [-0.15, -0.1) is 0 Å². The third-order valence-electron chi connectivity index (χ3n) is 5.63. The zero-order chi connectivity index (χ0) is 18.3. The van der Waals surface area contributed by atoms with Crippen LogP contribution < -0.4 is 10.5 Å². The van der Waals surface area contributed by atoms with Crippen LogP contribution in [0.25, 0.3) is 11.0 Å². The lowest BCUT2D eigenvalue weighted by Gasteiger charge is -2.32. The molecule has 0 atom stereocenters. The van der Waals surface area contributed by atoms with Crippen LogP contribution in [0.2, 0.25) is 0 Å². The predicted octanol–water partition coefficient (Wildman–Crippen LogP) is 2.66. The zero-order valence-electron chi connectivity index (χ0n) is 15.6.